The lowest BCUT2D eigenvalue weighted by molar-refractivity contribution is 0.411. The van der Waals surface area contributed by atoms with Gasteiger partial charge in [0.25, 0.3) is 0 Å². The van der Waals surface area contributed by atoms with Crippen LogP contribution in [0, 0.1) is 20.8 Å². The molecule has 2 heteroatoms. The maximum atomic E-state index is 5.40. The molecule has 0 aliphatic heterocycles. The molecule has 0 aliphatic carbocycles. The van der Waals surface area contributed by atoms with E-state index in [2.05, 4.69) is 73.1 Å². The zero-order chi connectivity index (χ0) is 14.0. The molecule has 0 heterocycles. The molecule has 100 valence electrons. The maximum absolute atomic E-state index is 5.40. The average Bonchev–Trinajstić information content (AvgIpc) is 2.41. The van der Waals surface area contributed by atoms with Crippen LogP contribution in [0.4, 0.5) is 0 Å². The van der Waals surface area contributed by atoms with E-state index in [-0.39, 0.29) is 4.83 Å². The van der Waals surface area contributed by atoms with Crippen molar-refractivity contribution in [2.75, 3.05) is 7.11 Å². The zero-order valence-electron chi connectivity index (χ0n) is 11.8. The molecule has 19 heavy (non-hydrogen) atoms. The van der Waals surface area contributed by atoms with Crippen molar-refractivity contribution in [3.63, 3.8) is 0 Å². The van der Waals surface area contributed by atoms with Crippen LogP contribution in [0.1, 0.15) is 32.6 Å². The predicted octanol–water partition coefficient (Wildman–Crippen LogP) is 5.10. The first-order valence-corrected chi connectivity index (χ1v) is 7.30. The van der Waals surface area contributed by atoms with Crippen molar-refractivity contribution in [2.24, 2.45) is 0 Å². The Kier molecular flexibility index (Phi) is 4.31. The summed E-state index contributed by atoms with van der Waals surface area (Å²) in [6, 6.07) is 12.9. The second-order valence-corrected chi connectivity index (χ2v) is 5.87. The number of hydrogen-bond acceptors (Lipinski definition) is 1. The standard InChI is InChI=1S/C17H19BrO/c1-11-5-6-12(2)15(9-11)17(18)14-8-7-13(3)16(10-14)19-4/h5-10,17H,1-4H3. The second-order valence-electron chi connectivity index (χ2n) is 4.95. The van der Waals surface area contributed by atoms with E-state index in [1.165, 1.54) is 22.3 Å². The van der Waals surface area contributed by atoms with Crippen LogP contribution in [-0.2, 0) is 0 Å². The summed E-state index contributed by atoms with van der Waals surface area (Å²) in [7, 11) is 1.72. The Labute approximate surface area is 123 Å². The molecule has 0 aromatic heterocycles. The van der Waals surface area contributed by atoms with Crippen LogP contribution in [0.5, 0.6) is 5.75 Å². The SMILES string of the molecule is COc1cc(C(Br)c2cc(C)ccc2C)ccc1C. The van der Waals surface area contributed by atoms with E-state index in [1.54, 1.807) is 7.11 Å². The zero-order valence-corrected chi connectivity index (χ0v) is 13.4. The van der Waals surface area contributed by atoms with Gasteiger partial charge in [-0.2, -0.15) is 0 Å². The molecule has 0 fully saturated rings. The van der Waals surface area contributed by atoms with Crippen molar-refractivity contribution < 1.29 is 4.74 Å². The molecule has 1 atom stereocenters. The van der Waals surface area contributed by atoms with Gasteiger partial charge in [-0.25, -0.2) is 0 Å². The van der Waals surface area contributed by atoms with Crippen LogP contribution >= 0.6 is 15.9 Å². The van der Waals surface area contributed by atoms with E-state index in [0.29, 0.717) is 0 Å². The van der Waals surface area contributed by atoms with E-state index in [1.807, 2.05) is 0 Å². The van der Waals surface area contributed by atoms with Gasteiger partial charge >= 0.3 is 0 Å². The Morgan fingerprint density at radius 3 is 2.32 bits per heavy atom. The number of rotatable bonds is 3. The van der Waals surface area contributed by atoms with Gasteiger partial charge < -0.3 is 4.74 Å². The number of halogens is 1. The molecule has 0 saturated carbocycles. The highest BCUT2D eigenvalue weighted by Gasteiger charge is 2.14. The Hall–Kier alpha value is -1.28. The number of hydrogen-bond donors (Lipinski definition) is 0. The summed E-state index contributed by atoms with van der Waals surface area (Å²) in [6.45, 7) is 6.33. The highest BCUT2D eigenvalue weighted by molar-refractivity contribution is 9.09. The fourth-order valence-corrected chi connectivity index (χ4v) is 2.98. The van der Waals surface area contributed by atoms with E-state index in [0.717, 1.165) is 11.3 Å². The summed E-state index contributed by atoms with van der Waals surface area (Å²) in [6.07, 6.45) is 0. The summed E-state index contributed by atoms with van der Waals surface area (Å²) in [5, 5.41) is 0. The lowest BCUT2D eigenvalue weighted by Crippen LogP contribution is -1.98. The van der Waals surface area contributed by atoms with Gasteiger partial charge in [0.05, 0.1) is 11.9 Å². The van der Waals surface area contributed by atoms with Crippen molar-refractivity contribution in [3.05, 3.63) is 64.2 Å². The topological polar surface area (TPSA) is 9.23 Å². The van der Waals surface area contributed by atoms with Crippen molar-refractivity contribution >= 4 is 15.9 Å². The van der Waals surface area contributed by atoms with Crippen molar-refractivity contribution in [3.8, 4) is 5.75 Å². The Morgan fingerprint density at radius 2 is 1.63 bits per heavy atom. The molecule has 0 N–H and O–H groups in total. The first kappa shape index (κ1) is 14.1. The summed E-state index contributed by atoms with van der Waals surface area (Å²) in [5.74, 6) is 0.937. The molecule has 2 rings (SSSR count). The molecule has 0 amide bonds. The van der Waals surface area contributed by atoms with Gasteiger partial charge in [-0.05, 0) is 49.1 Å². The third-order valence-electron chi connectivity index (χ3n) is 3.43. The lowest BCUT2D eigenvalue weighted by atomic mass is 9.97. The van der Waals surface area contributed by atoms with E-state index in [9.17, 15) is 0 Å². The molecule has 0 saturated heterocycles. The van der Waals surface area contributed by atoms with Crippen molar-refractivity contribution in [1.82, 2.24) is 0 Å². The smallest absolute Gasteiger partial charge is 0.122 e. The minimum atomic E-state index is 0.196. The van der Waals surface area contributed by atoms with Crippen LogP contribution in [0.15, 0.2) is 36.4 Å². The second kappa shape index (κ2) is 5.79. The van der Waals surface area contributed by atoms with Gasteiger partial charge in [0, 0.05) is 0 Å². The Morgan fingerprint density at radius 1 is 0.947 bits per heavy atom. The molecule has 0 aliphatic rings. The first-order chi connectivity index (χ1) is 9.02. The third-order valence-corrected chi connectivity index (χ3v) is 4.45. The summed E-state index contributed by atoms with van der Waals surface area (Å²) in [4.78, 5) is 0.196. The highest BCUT2D eigenvalue weighted by Crippen LogP contribution is 2.35. The monoisotopic (exact) mass is 318 g/mol. The summed E-state index contributed by atoms with van der Waals surface area (Å²) < 4.78 is 5.40. The lowest BCUT2D eigenvalue weighted by Gasteiger charge is -2.16. The highest BCUT2D eigenvalue weighted by atomic mass is 79.9. The van der Waals surface area contributed by atoms with E-state index < -0.39 is 0 Å². The van der Waals surface area contributed by atoms with Gasteiger partial charge in [-0.1, -0.05) is 51.8 Å². The van der Waals surface area contributed by atoms with Gasteiger partial charge in [0.15, 0.2) is 0 Å². The number of alkyl halides is 1. The minimum Gasteiger partial charge on any atom is -0.496 e. The van der Waals surface area contributed by atoms with Gasteiger partial charge in [-0.15, -0.1) is 0 Å². The van der Waals surface area contributed by atoms with Gasteiger partial charge in [0.1, 0.15) is 5.75 Å². The molecule has 0 spiro atoms. The number of ether oxygens (including phenoxy) is 1. The molecule has 0 bridgehead atoms. The quantitative estimate of drug-likeness (QED) is 0.715. The Balaban J connectivity index is 2.43. The minimum absolute atomic E-state index is 0.196. The largest absolute Gasteiger partial charge is 0.496 e. The maximum Gasteiger partial charge on any atom is 0.122 e. The fourth-order valence-electron chi connectivity index (χ4n) is 2.21. The van der Waals surface area contributed by atoms with E-state index in [4.69, 9.17) is 4.74 Å². The summed E-state index contributed by atoms with van der Waals surface area (Å²) >= 11 is 3.81. The average molecular weight is 319 g/mol. The van der Waals surface area contributed by atoms with E-state index >= 15 is 0 Å². The Bertz CT molecular complexity index is 590. The molecule has 2 aromatic rings. The number of benzene rings is 2. The van der Waals surface area contributed by atoms with Crippen LogP contribution in [-0.4, -0.2) is 7.11 Å². The number of methoxy groups -OCH3 is 1. The molecular formula is C17H19BrO. The first-order valence-electron chi connectivity index (χ1n) is 6.38. The van der Waals surface area contributed by atoms with Gasteiger partial charge in [0.2, 0.25) is 0 Å². The van der Waals surface area contributed by atoms with Crippen LogP contribution in [0.3, 0.4) is 0 Å². The molecule has 1 nitrogen and oxygen atoms in total. The van der Waals surface area contributed by atoms with Crippen LogP contribution in [0.2, 0.25) is 0 Å². The molecule has 2 aromatic carbocycles. The van der Waals surface area contributed by atoms with Crippen LogP contribution < -0.4 is 4.74 Å². The molecule has 1 unspecified atom stereocenters. The van der Waals surface area contributed by atoms with Crippen molar-refractivity contribution in [1.29, 1.82) is 0 Å². The molecule has 0 radical (unpaired) electrons. The number of aryl methyl sites for hydroxylation is 3. The third kappa shape index (κ3) is 3.01. The van der Waals surface area contributed by atoms with Crippen molar-refractivity contribution in [2.45, 2.75) is 25.6 Å². The predicted molar refractivity (Wildman–Crippen MR) is 84.4 cm³/mol. The van der Waals surface area contributed by atoms with Crippen LogP contribution in [0.25, 0.3) is 0 Å². The molecular weight excluding hydrogens is 300 g/mol. The van der Waals surface area contributed by atoms with Gasteiger partial charge in [-0.3, -0.25) is 0 Å². The summed E-state index contributed by atoms with van der Waals surface area (Å²) in [5.41, 5.74) is 6.27. The normalized spacial score (nSPS) is 12.3. The fraction of sp³-hybridized carbons (Fsp3) is 0.294.